The number of ether oxygens (including phenoxy) is 1. The van der Waals surface area contributed by atoms with Gasteiger partial charge in [0.1, 0.15) is 11.6 Å². The molecule has 2 aromatic carbocycles. The molecule has 0 atom stereocenters. The predicted octanol–water partition coefficient (Wildman–Crippen LogP) is 4.10. The highest BCUT2D eigenvalue weighted by Gasteiger charge is 2.10. The summed E-state index contributed by atoms with van der Waals surface area (Å²) in [5.74, 6) is 1.65. The Bertz CT molecular complexity index is 792. The highest BCUT2D eigenvalue weighted by molar-refractivity contribution is 7.98. The van der Waals surface area contributed by atoms with Gasteiger partial charge in [0.15, 0.2) is 0 Å². The first kappa shape index (κ1) is 15.6. The monoisotopic (exact) mass is 330 g/mol. The zero-order valence-electron chi connectivity index (χ0n) is 12.5. The Balaban J connectivity index is 1.62. The third-order valence-corrected chi connectivity index (χ3v) is 4.13. The van der Waals surface area contributed by atoms with E-state index in [9.17, 15) is 4.39 Å². The van der Waals surface area contributed by atoms with E-state index in [-0.39, 0.29) is 5.82 Å². The van der Waals surface area contributed by atoms with Crippen LogP contribution in [0.3, 0.4) is 0 Å². The summed E-state index contributed by atoms with van der Waals surface area (Å²) < 4.78 is 24.4. The van der Waals surface area contributed by atoms with Crippen LogP contribution in [0, 0.1) is 5.82 Å². The van der Waals surface area contributed by atoms with Gasteiger partial charge in [-0.05, 0) is 29.3 Å². The van der Waals surface area contributed by atoms with Gasteiger partial charge >= 0.3 is 0 Å². The van der Waals surface area contributed by atoms with Crippen LogP contribution < -0.4 is 4.74 Å². The molecule has 23 heavy (non-hydrogen) atoms. The fraction of sp³-hybridized carbons (Fsp3) is 0.176. The lowest BCUT2D eigenvalue weighted by atomic mass is 10.1. The number of thioether (sulfide) groups is 1. The summed E-state index contributed by atoms with van der Waals surface area (Å²) in [7, 11) is 1.64. The highest BCUT2D eigenvalue weighted by atomic mass is 32.2. The Labute approximate surface area is 137 Å². The van der Waals surface area contributed by atoms with E-state index in [2.05, 4.69) is 10.2 Å². The number of benzene rings is 2. The maximum absolute atomic E-state index is 13.6. The Morgan fingerprint density at radius 2 is 2.00 bits per heavy atom. The maximum atomic E-state index is 13.6. The van der Waals surface area contributed by atoms with Crippen LogP contribution in [-0.2, 0) is 12.2 Å². The second-order valence-corrected chi connectivity index (χ2v) is 5.80. The minimum atomic E-state index is -0.267. The third-order valence-electron chi connectivity index (χ3n) is 3.24. The molecule has 0 saturated heterocycles. The third kappa shape index (κ3) is 4.10. The fourth-order valence-electron chi connectivity index (χ4n) is 2.08. The maximum Gasteiger partial charge on any atom is 0.276 e. The normalized spacial score (nSPS) is 10.7. The van der Waals surface area contributed by atoms with Crippen molar-refractivity contribution in [3.8, 4) is 5.75 Å². The minimum Gasteiger partial charge on any atom is -0.497 e. The molecule has 0 fully saturated rings. The number of hydrogen-bond donors (Lipinski definition) is 0. The van der Waals surface area contributed by atoms with Crippen molar-refractivity contribution in [1.29, 1.82) is 0 Å². The lowest BCUT2D eigenvalue weighted by Crippen LogP contribution is -1.92. The number of methoxy groups -OCH3 is 1. The molecule has 0 amide bonds. The molecule has 0 aliphatic heterocycles. The molecule has 0 unspecified atom stereocenters. The summed E-state index contributed by atoms with van der Waals surface area (Å²) in [5, 5.41) is 8.43. The fourth-order valence-corrected chi connectivity index (χ4v) is 2.80. The number of aromatic nitrogens is 2. The van der Waals surface area contributed by atoms with Crippen LogP contribution in [0.2, 0.25) is 0 Å². The number of halogens is 1. The first-order valence-corrected chi connectivity index (χ1v) is 8.04. The van der Waals surface area contributed by atoms with Crippen molar-refractivity contribution in [3.05, 3.63) is 71.4 Å². The van der Waals surface area contributed by atoms with Crippen LogP contribution in [0.5, 0.6) is 5.75 Å². The van der Waals surface area contributed by atoms with Crippen LogP contribution in [0.25, 0.3) is 0 Å². The van der Waals surface area contributed by atoms with Gasteiger partial charge in [0.2, 0.25) is 5.89 Å². The van der Waals surface area contributed by atoms with E-state index in [1.807, 2.05) is 24.3 Å². The average molecular weight is 330 g/mol. The van der Waals surface area contributed by atoms with Gasteiger partial charge in [-0.1, -0.05) is 42.1 Å². The van der Waals surface area contributed by atoms with Crippen LogP contribution in [0.1, 0.15) is 17.0 Å². The predicted molar refractivity (Wildman–Crippen MR) is 86.1 cm³/mol. The molecule has 0 spiro atoms. The zero-order chi connectivity index (χ0) is 16.1. The molecule has 0 radical (unpaired) electrons. The molecule has 0 aliphatic carbocycles. The largest absolute Gasteiger partial charge is 0.497 e. The molecule has 0 N–H and O–H groups in total. The molecular weight excluding hydrogens is 315 g/mol. The molecular formula is C17H15FN2O2S. The standard InChI is InChI=1S/C17H15FN2O2S/c1-21-14-7-4-5-12(9-14)11-23-17-20-19-16(22-17)10-13-6-2-3-8-15(13)18/h2-9H,10-11H2,1H3. The van der Waals surface area contributed by atoms with E-state index in [0.717, 1.165) is 11.3 Å². The van der Waals surface area contributed by atoms with E-state index in [1.54, 1.807) is 25.3 Å². The van der Waals surface area contributed by atoms with Crippen LogP contribution in [0.4, 0.5) is 4.39 Å². The van der Waals surface area contributed by atoms with Gasteiger partial charge in [-0.3, -0.25) is 0 Å². The summed E-state index contributed by atoms with van der Waals surface area (Å²) in [5.41, 5.74) is 1.64. The zero-order valence-corrected chi connectivity index (χ0v) is 13.3. The van der Waals surface area contributed by atoms with Crippen molar-refractivity contribution in [3.63, 3.8) is 0 Å². The average Bonchev–Trinajstić information content (AvgIpc) is 3.03. The quantitative estimate of drug-likeness (QED) is 0.637. The molecule has 0 saturated carbocycles. The molecule has 4 nitrogen and oxygen atoms in total. The van der Waals surface area contributed by atoms with Gasteiger partial charge in [0.05, 0.1) is 13.5 Å². The number of rotatable bonds is 6. The van der Waals surface area contributed by atoms with E-state index in [1.165, 1.54) is 17.8 Å². The summed E-state index contributed by atoms with van der Waals surface area (Å²) in [6, 6.07) is 14.4. The van der Waals surface area contributed by atoms with Crippen LogP contribution >= 0.6 is 11.8 Å². The Morgan fingerprint density at radius 1 is 1.13 bits per heavy atom. The molecule has 118 valence electrons. The SMILES string of the molecule is COc1cccc(CSc2nnc(Cc3ccccc3F)o2)c1. The van der Waals surface area contributed by atoms with Crippen molar-refractivity contribution in [2.75, 3.05) is 7.11 Å². The molecule has 1 aromatic heterocycles. The number of hydrogen-bond acceptors (Lipinski definition) is 5. The minimum absolute atomic E-state index is 0.267. The summed E-state index contributed by atoms with van der Waals surface area (Å²) in [4.78, 5) is 0. The lowest BCUT2D eigenvalue weighted by Gasteiger charge is -2.02. The smallest absolute Gasteiger partial charge is 0.276 e. The van der Waals surface area contributed by atoms with E-state index in [0.29, 0.717) is 28.9 Å². The molecule has 3 rings (SSSR count). The number of nitrogens with zero attached hydrogens (tertiary/aromatic N) is 2. The van der Waals surface area contributed by atoms with Gasteiger partial charge in [-0.25, -0.2) is 4.39 Å². The van der Waals surface area contributed by atoms with Crippen molar-refractivity contribution >= 4 is 11.8 Å². The summed E-state index contributed by atoms with van der Waals surface area (Å²) in [6.45, 7) is 0. The molecule has 6 heteroatoms. The van der Waals surface area contributed by atoms with Gasteiger partial charge in [0, 0.05) is 5.75 Å². The van der Waals surface area contributed by atoms with E-state index < -0.39 is 0 Å². The molecule has 0 aliphatic rings. The van der Waals surface area contributed by atoms with Gasteiger partial charge in [-0.2, -0.15) is 0 Å². The van der Waals surface area contributed by atoms with Crippen molar-refractivity contribution in [1.82, 2.24) is 10.2 Å². The van der Waals surface area contributed by atoms with Crippen molar-refractivity contribution in [2.45, 2.75) is 17.4 Å². The Hall–Kier alpha value is -2.34. The first-order chi connectivity index (χ1) is 11.2. The Kier molecular flexibility index (Phi) is 4.92. The molecule has 1 heterocycles. The van der Waals surface area contributed by atoms with Gasteiger partial charge < -0.3 is 9.15 Å². The van der Waals surface area contributed by atoms with E-state index >= 15 is 0 Å². The molecule has 0 bridgehead atoms. The van der Waals surface area contributed by atoms with Crippen LogP contribution in [0.15, 0.2) is 58.2 Å². The summed E-state index contributed by atoms with van der Waals surface area (Å²) in [6.07, 6.45) is 0.291. The lowest BCUT2D eigenvalue weighted by molar-refractivity contribution is 0.414. The second kappa shape index (κ2) is 7.28. The van der Waals surface area contributed by atoms with Crippen molar-refractivity contribution in [2.24, 2.45) is 0 Å². The highest BCUT2D eigenvalue weighted by Crippen LogP contribution is 2.24. The van der Waals surface area contributed by atoms with Gasteiger partial charge in [-0.15, -0.1) is 10.2 Å². The molecule has 3 aromatic rings. The van der Waals surface area contributed by atoms with E-state index in [4.69, 9.17) is 9.15 Å². The van der Waals surface area contributed by atoms with Crippen molar-refractivity contribution < 1.29 is 13.5 Å². The van der Waals surface area contributed by atoms with Crippen LogP contribution in [-0.4, -0.2) is 17.3 Å². The topological polar surface area (TPSA) is 48.2 Å². The Morgan fingerprint density at radius 3 is 2.83 bits per heavy atom. The van der Waals surface area contributed by atoms with Gasteiger partial charge in [0.25, 0.3) is 5.22 Å². The summed E-state index contributed by atoms with van der Waals surface area (Å²) >= 11 is 1.44. The second-order valence-electron chi connectivity index (χ2n) is 4.87. The first-order valence-electron chi connectivity index (χ1n) is 7.06.